The monoisotopic (exact) mass is 555 g/mol. The molecule has 0 amide bonds. The number of thiazole rings is 1. The first-order valence-electron chi connectivity index (χ1n) is 13.5. The van der Waals surface area contributed by atoms with E-state index in [9.17, 15) is 9.59 Å². The van der Waals surface area contributed by atoms with Gasteiger partial charge in [-0.05, 0) is 54.3 Å². The van der Waals surface area contributed by atoms with Crippen LogP contribution in [0.3, 0.4) is 0 Å². The molecule has 0 aromatic carbocycles. The van der Waals surface area contributed by atoms with Crippen LogP contribution < -0.4 is 5.73 Å². The molecule has 4 atom stereocenters. The zero-order valence-electron chi connectivity index (χ0n) is 24.5. The van der Waals surface area contributed by atoms with E-state index in [1.54, 1.807) is 17.4 Å². The molecule has 0 unspecified atom stereocenters. The minimum Gasteiger partial charge on any atom is -0.462 e. The molecule has 2 heterocycles. The first-order valence-corrected chi connectivity index (χ1v) is 14.4. The Bertz CT molecular complexity index is 1110. The van der Waals surface area contributed by atoms with Gasteiger partial charge in [-0.3, -0.25) is 4.79 Å². The number of carbonyl (C=O) groups is 2. The predicted molar refractivity (Wildman–Crippen MR) is 160 cm³/mol. The number of esters is 2. The number of ether oxygens (including phenoxy) is 2. The van der Waals surface area contributed by atoms with E-state index in [-0.39, 0.29) is 30.5 Å². The summed E-state index contributed by atoms with van der Waals surface area (Å²) in [5, 5.41) is 2.90. The van der Waals surface area contributed by atoms with Gasteiger partial charge in [0.05, 0.1) is 17.1 Å². The Kier molecular flexibility index (Phi) is 13.6. The molecular formula is C31H45N3O4S. The van der Waals surface area contributed by atoms with Crippen LogP contribution in [0.15, 0.2) is 64.6 Å². The standard InChI is InChI=1S/C31H45N3O4S/c1-21(13-14-34(6)7)11-12-23(3)16-27-19-29-33-28(20-39-29)24(4)17-26(32)18-31(36)37-25(5)15-22(2)9-8-10-30(35)38-27/h8-13,16,20,24-27H,14-15,17-19,32H2,1-7H3/b10-8-,12-11+,21-13-,22-9?,23-16+/t24-,25-,26+,27+/m0/s1. The molecule has 2 bridgehead atoms. The highest BCUT2D eigenvalue weighted by molar-refractivity contribution is 7.09. The van der Waals surface area contributed by atoms with E-state index in [0.717, 1.165) is 34.0 Å². The molecule has 0 aliphatic carbocycles. The maximum atomic E-state index is 12.7. The number of hydrogen-bond donors (Lipinski definition) is 1. The Labute approximate surface area is 238 Å². The Morgan fingerprint density at radius 1 is 1.13 bits per heavy atom. The summed E-state index contributed by atoms with van der Waals surface area (Å²) >= 11 is 1.54. The summed E-state index contributed by atoms with van der Waals surface area (Å²) in [6, 6.07) is -0.312. The number of hydrogen-bond acceptors (Lipinski definition) is 8. The zero-order chi connectivity index (χ0) is 28.9. The molecule has 1 aliphatic rings. The molecule has 8 heteroatoms. The van der Waals surface area contributed by atoms with Gasteiger partial charge in [-0.25, -0.2) is 9.78 Å². The highest BCUT2D eigenvalue weighted by Crippen LogP contribution is 2.25. The second kappa shape index (κ2) is 16.3. The van der Waals surface area contributed by atoms with Gasteiger partial charge in [-0.15, -0.1) is 11.3 Å². The number of rotatable bonds is 5. The van der Waals surface area contributed by atoms with Crippen LogP contribution in [-0.4, -0.2) is 60.7 Å². The largest absolute Gasteiger partial charge is 0.462 e. The van der Waals surface area contributed by atoms with Gasteiger partial charge in [-0.2, -0.15) is 0 Å². The number of fused-ring (bicyclic) bond motifs is 2. The number of aromatic nitrogens is 1. The van der Waals surface area contributed by atoms with Crippen molar-refractivity contribution in [3.05, 3.63) is 75.3 Å². The van der Waals surface area contributed by atoms with Crippen LogP contribution in [0.25, 0.3) is 0 Å². The Morgan fingerprint density at radius 2 is 1.85 bits per heavy atom. The summed E-state index contributed by atoms with van der Waals surface area (Å²) in [6.07, 6.45) is 14.2. The Balaban J connectivity index is 2.30. The quantitative estimate of drug-likeness (QED) is 0.370. The third-order valence-electron chi connectivity index (χ3n) is 6.19. The minimum atomic E-state index is -0.465. The van der Waals surface area contributed by atoms with Crippen LogP contribution >= 0.6 is 11.3 Å². The fourth-order valence-electron chi connectivity index (χ4n) is 4.15. The molecule has 0 saturated heterocycles. The van der Waals surface area contributed by atoms with Crippen molar-refractivity contribution in [2.75, 3.05) is 20.6 Å². The number of nitrogens with two attached hydrogens (primary N) is 1. The number of cyclic esters (lactones) is 2. The van der Waals surface area contributed by atoms with Crippen molar-refractivity contribution in [3.63, 3.8) is 0 Å². The first-order chi connectivity index (χ1) is 18.4. The molecule has 0 spiro atoms. The normalized spacial score (nSPS) is 25.9. The van der Waals surface area contributed by atoms with E-state index in [4.69, 9.17) is 20.2 Å². The van der Waals surface area contributed by atoms with Crippen LogP contribution in [0.5, 0.6) is 0 Å². The molecule has 7 nitrogen and oxygen atoms in total. The van der Waals surface area contributed by atoms with E-state index in [1.807, 2.05) is 58.5 Å². The SMILES string of the molecule is CC1=C/C=C\C(=O)O[C@H](/C=C(C)/C=C/C(C)=C\CN(C)C)Cc2nc(cs2)[C@@H](C)C[C@@H](N)CC(=O)O[C@@H](C)C1. The molecule has 0 radical (unpaired) electrons. The molecule has 1 aromatic rings. The molecule has 0 fully saturated rings. The summed E-state index contributed by atoms with van der Waals surface area (Å²) < 4.78 is 11.4. The van der Waals surface area contributed by atoms with E-state index >= 15 is 0 Å². The van der Waals surface area contributed by atoms with Gasteiger partial charge in [-0.1, -0.05) is 54.0 Å². The summed E-state index contributed by atoms with van der Waals surface area (Å²) in [5.74, 6) is -0.635. The molecule has 2 rings (SSSR count). The van der Waals surface area contributed by atoms with Gasteiger partial charge in [0.15, 0.2) is 0 Å². The first kappa shape index (κ1) is 32.4. The number of allylic oxidation sites excluding steroid dienone is 6. The van der Waals surface area contributed by atoms with Crippen LogP contribution in [-0.2, 0) is 25.5 Å². The van der Waals surface area contributed by atoms with Gasteiger partial charge in [0.1, 0.15) is 12.2 Å². The molecule has 0 saturated carbocycles. The molecular weight excluding hydrogens is 510 g/mol. The van der Waals surface area contributed by atoms with Crippen molar-refractivity contribution in [2.24, 2.45) is 5.73 Å². The Morgan fingerprint density at radius 3 is 2.56 bits per heavy atom. The molecule has 214 valence electrons. The highest BCUT2D eigenvalue weighted by Gasteiger charge is 2.20. The van der Waals surface area contributed by atoms with Crippen molar-refractivity contribution in [2.45, 2.75) is 84.5 Å². The summed E-state index contributed by atoms with van der Waals surface area (Å²) in [7, 11) is 4.07. The molecule has 1 aromatic heterocycles. The smallest absolute Gasteiger partial charge is 0.331 e. The molecule has 2 N–H and O–H groups in total. The van der Waals surface area contributed by atoms with Crippen LogP contribution in [0, 0.1) is 0 Å². The van der Waals surface area contributed by atoms with E-state index in [0.29, 0.717) is 19.3 Å². The lowest BCUT2D eigenvalue weighted by atomic mass is 9.98. The summed E-state index contributed by atoms with van der Waals surface area (Å²) in [6.45, 7) is 10.8. The lowest BCUT2D eigenvalue weighted by Gasteiger charge is -2.18. The van der Waals surface area contributed by atoms with Crippen molar-refractivity contribution in [1.82, 2.24) is 9.88 Å². The van der Waals surface area contributed by atoms with Crippen molar-refractivity contribution >= 4 is 23.3 Å². The summed E-state index contributed by atoms with van der Waals surface area (Å²) in [5.41, 5.74) is 10.4. The van der Waals surface area contributed by atoms with Crippen molar-refractivity contribution in [1.29, 1.82) is 0 Å². The lowest BCUT2D eigenvalue weighted by Crippen LogP contribution is -2.28. The molecule has 1 aliphatic heterocycles. The van der Waals surface area contributed by atoms with Gasteiger partial charge in [0.25, 0.3) is 0 Å². The Hall–Kier alpha value is -2.81. The van der Waals surface area contributed by atoms with E-state index in [2.05, 4.69) is 30.9 Å². The third-order valence-corrected chi connectivity index (χ3v) is 7.08. The second-order valence-corrected chi connectivity index (χ2v) is 11.7. The maximum Gasteiger partial charge on any atom is 0.331 e. The van der Waals surface area contributed by atoms with E-state index < -0.39 is 12.1 Å². The number of likely N-dealkylation sites (N-methyl/N-ethyl adjacent to an activating group) is 1. The van der Waals surface area contributed by atoms with Crippen molar-refractivity contribution in [3.8, 4) is 0 Å². The number of nitrogens with zero attached hydrogens (tertiary/aromatic N) is 2. The molecule has 39 heavy (non-hydrogen) atoms. The average molecular weight is 556 g/mol. The third kappa shape index (κ3) is 13.2. The summed E-state index contributed by atoms with van der Waals surface area (Å²) in [4.78, 5) is 32.0. The fraction of sp³-hybridized carbons (Fsp3) is 0.516. The zero-order valence-corrected chi connectivity index (χ0v) is 25.3. The van der Waals surface area contributed by atoms with Gasteiger partial charge in [0.2, 0.25) is 0 Å². The van der Waals surface area contributed by atoms with Gasteiger partial charge in [0, 0.05) is 42.8 Å². The lowest BCUT2D eigenvalue weighted by molar-refractivity contribution is -0.148. The van der Waals surface area contributed by atoms with E-state index in [1.165, 1.54) is 6.08 Å². The average Bonchev–Trinajstić information content (AvgIpc) is 3.29. The van der Waals surface area contributed by atoms with Crippen LogP contribution in [0.4, 0.5) is 0 Å². The van der Waals surface area contributed by atoms with Crippen LogP contribution in [0.1, 0.15) is 70.5 Å². The fourth-order valence-corrected chi connectivity index (χ4v) is 5.11. The second-order valence-electron chi connectivity index (χ2n) is 10.8. The topological polar surface area (TPSA) is 94.8 Å². The number of carbonyl (C=O) groups excluding carboxylic acids is 2. The predicted octanol–water partition coefficient (Wildman–Crippen LogP) is 5.66. The van der Waals surface area contributed by atoms with Gasteiger partial charge >= 0.3 is 11.9 Å². The van der Waals surface area contributed by atoms with Crippen LogP contribution in [0.2, 0.25) is 0 Å². The highest BCUT2D eigenvalue weighted by atomic mass is 32.1. The van der Waals surface area contributed by atoms with Crippen molar-refractivity contribution < 1.29 is 19.1 Å². The van der Waals surface area contributed by atoms with Gasteiger partial charge < -0.3 is 20.1 Å². The minimum absolute atomic E-state index is 0.0866. The maximum absolute atomic E-state index is 12.7.